The van der Waals surface area contributed by atoms with Crippen LogP contribution < -0.4 is 14.8 Å². The lowest BCUT2D eigenvalue weighted by Gasteiger charge is -2.10. The summed E-state index contributed by atoms with van der Waals surface area (Å²) in [6.07, 6.45) is 1.07. The molecule has 4 heteroatoms. The summed E-state index contributed by atoms with van der Waals surface area (Å²) in [5.41, 5.74) is 1.17. The van der Waals surface area contributed by atoms with Crippen LogP contribution in [0.1, 0.15) is 18.9 Å². The molecule has 1 N–H and O–H groups in total. The largest absolute Gasteiger partial charge is 0.493 e. The molecule has 0 saturated heterocycles. The predicted molar refractivity (Wildman–Crippen MR) is 72.4 cm³/mol. The highest BCUT2D eigenvalue weighted by Crippen LogP contribution is 2.27. The summed E-state index contributed by atoms with van der Waals surface area (Å²) in [7, 11) is 3.29. The molecule has 0 heterocycles. The first-order valence-electron chi connectivity index (χ1n) is 6.31. The van der Waals surface area contributed by atoms with E-state index in [1.54, 1.807) is 14.2 Å². The van der Waals surface area contributed by atoms with Gasteiger partial charge in [-0.3, -0.25) is 0 Å². The molecule has 0 aliphatic rings. The molecule has 0 bridgehead atoms. The van der Waals surface area contributed by atoms with Gasteiger partial charge in [-0.25, -0.2) is 0 Å². The van der Waals surface area contributed by atoms with Gasteiger partial charge in [-0.05, 0) is 24.1 Å². The zero-order valence-electron chi connectivity index (χ0n) is 11.5. The average Bonchev–Trinajstić information content (AvgIpc) is 2.42. The fraction of sp³-hybridized carbons (Fsp3) is 0.571. The van der Waals surface area contributed by atoms with Crippen LogP contribution in [0.4, 0.5) is 0 Å². The van der Waals surface area contributed by atoms with E-state index in [0.29, 0.717) is 0 Å². The fourth-order valence-corrected chi connectivity index (χ4v) is 1.61. The van der Waals surface area contributed by atoms with Crippen LogP contribution in [-0.2, 0) is 11.3 Å². The lowest BCUT2D eigenvalue weighted by atomic mass is 10.2. The quantitative estimate of drug-likeness (QED) is 0.685. The molecule has 4 nitrogen and oxygen atoms in total. The van der Waals surface area contributed by atoms with Crippen molar-refractivity contribution in [3.63, 3.8) is 0 Å². The SMILES string of the molecule is CCCOCCNCc1ccc(OC)c(OC)c1. The van der Waals surface area contributed by atoms with Crippen molar-refractivity contribution < 1.29 is 14.2 Å². The minimum atomic E-state index is 0.751. The van der Waals surface area contributed by atoms with E-state index in [0.717, 1.165) is 44.2 Å². The van der Waals surface area contributed by atoms with Crippen molar-refractivity contribution in [2.75, 3.05) is 34.0 Å². The Morgan fingerprint density at radius 2 is 1.83 bits per heavy atom. The van der Waals surface area contributed by atoms with E-state index in [-0.39, 0.29) is 0 Å². The van der Waals surface area contributed by atoms with Crippen LogP contribution in [0.5, 0.6) is 11.5 Å². The van der Waals surface area contributed by atoms with Crippen LogP contribution in [0.2, 0.25) is 0 Å². The highest BCUT2D eigenvalue weighted by atomic mass is 16.5. The Morgan fingerprint density at radius 1 is 1.06 bits per heavy atom. The van der Waals surface area contributed by atoms with Gasteiger partial charge in [0, 0.05) is 19.7 Å². The third-order valence-corrected chi connectivity index (χ3v) is 2.55. The molecule has 0 aliphatic carbocycles. The van der Waals surface area contributed by atoms with Gasteiger partial charge in [0.1, 0.15) is 0 Å². The molecule has 18 heavy (non-hydrogen) atoms. The molecular formula is C14H23NO3. The molecule has 0 aliphatic heterocycles. The van der Waals surface area contributed by atoms with Gasteiger partial charge in [0.05, 0.1) is 20.8 Å². The van der Waals surface area contributed by atoms with Crippen molar-refractivity contribution in [3.05, 3.63) is 23.8 Å². The van der Waals surface area contributed by atoms with Crippen molar-refractivity contribution >= 4 is 0 Å². The highest BCUT2D eigenvalue weighted by molar-refractivity contribution is 5.42. The molecule has 0 radical (unpaired) electrons. The molecule has 0 aromatic heterocycles. The van der Waals surface area contributed by atoms with Crippen LogP contribution in [-0.4, -0.2) is 34.0 Å². The number of methoxy groups -OCH3 is 2. The number of nitrogens with one attached hydrogen (secondary N) is 1. The second kappa shape index (κ2) is 8.78. The lowest BCUT2D eigenvalue weighted by molar-refractivity contribution is 0.136. The van der Waals surface area contributed by atoms with E-state index < -0.39 is 0 Å². The molecule has 0 amide bonds. The lowest BCUT2D eigenvalue weighted by Crippen LogP contribution is -2.19. The van der Waals surface area contributed by atoms with Crippen LogP contribution in [0.3, 0.4) is 0 Å². The van der Waals surface area contributed by atoms with Gasteiger partial charge in [-0.2, -0.15) is 0 Å². The van der Waals surface area contributed by atoms with E-state index in [1.807, 2.05) is 18.2 Å². The average molecular weight is 253 g/mol. The van der Waals surface area contributed by atoms with Crippen molar-refractivity contribution in [2.24, 2.45) is 0 Å². The Bertz CT molecular complexity index is 342. The molecule has 102 valence electrons. The van der Waals surface area contributed by atoms with E-state index in [4.69, 9.17) is 14.2 Å². The Kier molecular flexibility index (Phi) is 7.22. The monoisotopic (exact) mass is 253 g/mol. The second-order valence-corrected chi connectivity index (χ2v) is 3.98. The summed E-state index contributed by atoms with van der Waals surface area (Å²) in [5, 5.41) is 3.33. The minimum absolute atomic E-state index is 0.751. The molecule has 1 aromatic carbocycles. The summed E-state index contributed by atoms with van der Waals surface area (Å²) in [6.45, 7) is 5.35. The van der Waals surface area contributed by atoms with Crippen molar-refractivity contribution in [1.29, 1.82) is 0 Å². The van der Waals surface area contributed by atoms with Crippen LogP contribution in [0.25, 0.3) is 0 Å². The van der Waals surface area contributed by atoms with Crippen molar-refractivity contribution in [2.45, 2.75) is 19.9 Å². The number of hydrogen-bond donors (Lipinski definition) is 1. The summed E-state index contributed by atoms with van der Waals surface area (Å²) >= 11 is 0. The Morgan fingerprint density at radius 3 is 2.50 bits per heavy atom. The second-order valence-electron chi connectivity index (χ2n) is 3.98. The molecule has 0 spiro atoms. The number of benzene rings is 1. The fourth-order valence-electron chi connectivity index (χ4n) is 1.61. The third kappa shape index (κ3) is 4.94. The van der Waals surface area contributed by atoms with Gasteiger partial charge in [-0.1, -0.05) is 13.0 Å². The van der Waals surface area contributed by atoms with Crippen LogP contribution >= 0.6 is 0 Å². The Labute approximate surface area is 109 Å². The molecular weight excluding hydrogens is 230 g/mol. The van der Waals surface area contributed by atoms with Crippen molar-refractivity contribution in [3.8, 4) is 11.5 Å². The van der Waals surface area contributed by atoms with Gasteiger partial charge in [0.15, 0.2) is 11.5 Å². The van der Waals surface area contributed by atoms with E-state index >= 15 is 0 Å². The molecule has 1 aromatic rings. The number of hydrogen-bond acceptors (Lipinski definition) is 4. The Balaban J connectivity index is 2.34. The first kappa shape index (κ1) is 14.8. The van der Waals surface area contributed by atoms with Gasteiger partial charge < -0.3 is 19.5 Å². The molecule has 1 rings (SSSR count). The first-order valence-corrected chi connectivity index (χ1v) is 6.31. The van der Waals surface area contributed by atoms with E-state index in [1.165, 1.54) is 5.56 Å². The third-order valence-electron chi connectivity index (χ3n) is 2.55. The minimum Gasteiger partial charge on any atom is -0.493 e. The van der Waals surface area contributed by atoms with Crippen LogP contribution in [0, 0.1) is 0 Å². The van der Waals surface area contributed by atoms with Crippen LogP contribution in [0.15, 0.2) is 18.2 Å². The summed E-state index contributed by atoms with van der Waals surface area (Å²) in [5.74, 6) is 1.52. The van der Waals surface area contributed by atoms with Gasteiger partial charge in [-0.15, -0.1) is 0 Å². The van der Waals surface area contributed by atoms with Gasteiger partial charge in [0.25, 0.3) is 0 Å². The zero-order chi connectivity index (χ0) is 13.2. The van der Waals surface area contributed by atoms with Crippen molar-refractivity contribution in [1.82, 2.24) is 5.32 Å². The number of rotatable bonds is 9. The number of ether oxygens (including phenoxy) is 3. The molecule has 0 unspecified atom stereocenters. The maximum absolute atomic E-state index is 5.39. The summed E-state index contributed by atoms with van der Waals surface area (Å²) < 4.78 is 15.8. The van der Waals surface area contributed by atoms with E-state index in [9.17, 15) is 0 Å². The summed E-state index contributed by atoms with van der Waals surface area (Å²) in [4.78, 5) is 0. The normalized spacial score (nSPS) is 10.4. The molecule has 0 atom stereocenters. The maximum atomic E-state index is 5.39. The summed E-state index contributed by atoms with van der Waals surface area (Å²) in [6, 6.07) is 5.93. The van der Waals surface area contributed by atoms with Gasteiger partial charge in [0.2, 0.25) is 0 Å². The standard InChI is InChI=1S/C14H23NO3/c1-4-8-18-9-7-15-11-12-5-6-13(16-2)14(10-12)17-3/h5-6,10,15H,4,7-9,11H2,1-3H3. The maximum Gasteiger partial charge on any atom is 0.161 e. The Hall–Kier alpha value is -1.26. The molecule has 0 saturated carbocycles. The topological polar surface area (TPSA) is 39.7 Å². The van der Waals surface area contributed by atoms with E-state index in [2.05, 4.69) is 12.2 Å². The molecule has 0 fully saturated rings. The van der Waals surface area contributed by atoms with Gasteiger partial charge >= 0.3 is 0 Å². The zero-order valence-corrected chi connectivity index (χ0v) is 11.5. The highest BCUT2D eigenvalue weighted by Gasteiger charge is 2.03. The predicted octanol–water partition coefficient (Wildman–Crippen LogP) is 2.22. The first-order chi connectivity index (χ1) is 8.81. The smallest absolute Gasteiger partial charge is 0.161 e.